The van der Waals surface area contributed by atoms with E-state index in [2.05, 4.69) is 5.32 Å². The minimum atomic E-state index is -1.19. The summed E-state index contributed by atoms with van der Waals surface area (Å²) >= 11 is 0. The van der Waals surface area contributed by atoms with Crippen molar-refractivity contribution in [3.8, 4) is 17.2 Å². The lowest BCUT2D eigenvalue weighted by Gasteiger charge is -2.41. The van der Waals surface area contributed by atoms with Crippen LogP contribution in [-0.2, 0) is 27.4 Å². The quantitative estimate of drug-likeness (QED) is 0.276. The molecule has 0 spiro atoms. The molecule has 0 aromatic heterocycles. The summed E-state index contributed by atoms with van der Waals surface area (Å²) in [7, 11) is 4.57. The number of carbonyl (C=O) groups is 2. The molecule has 4 atom stereocenters. The zero-order valence-corrected chi connectivity index (χ0v) is 23.5. The zero-order chi connectivity index (χ0) is 29.5. The number of rotatable bonds is 13. The maximum absolute atomic E-state index is 13.5. The number of methoxy groups -OCH3 is 3. The lowest BCUT2D eigenvalue weighted by atomic mass is 9.77. The number of hydrogen-bond donors (Lipinski definition) is 4. The second kappa shape index (κ2) is 13.8. The normalized spacial score (nSPS) is 20.8. The monoisotopic (exact) mass is 570 g/mol. The van der Waals surface area contributed by atoms with Crippen LogP contribution >= 0.6 is 0 Å². The summed E-state index contributed by atoms with van der Waals surface area (Å²) in [4.78, 5) is 28.5. The van der Waals surface area contributed by atoms with Crippen LogP contribution in [-0.4, -0.2) is 97.9 Å². The van der Waals surface area contributed by atoms with Crippen molar-refractivity contribution in [1.29, 1.82) is 0 Å². The van der Waals surface area contributed by atoms with Gasteiger partial charge in [-0.1, -0.05) is 12.1 Å². The van der Waals surface area contributed by atoms with E-state index >= 15 is 0 Å². The first-order valence-corrected chi connectivity index (χ1v) is 13.5. The van der Waals surface area contributed by atoms with Crippen LogP contribution in [0.15, 0.2) is 48.0 Å². The van der Waals surface area contributed by atoms with Gasteiger partial charge in [0.15, 0.2) is 11.5 Å². The lowest BCUT2D eigenvalue weighted by molar-refractivity contribution is -0.138. The van der Waals surface area contributed by atoms with Crippen molar-refractivity contribution in [3.05, 3.63) is 64.7 Å². The Morgan fingerprint density at radius 3 is 2.56 bits per heavy atom. The van der Waals surface area contributed by atoms with E-state index in [0.717, 1.165) is 5.56 Å². The van der Waals surface area contributed by atoms with Gasteiger partial charge in [-0.3, -0.25) is 9.59 Å². The van der Waals surface area contributed by atoms with Crippen molar-refractivity contribution in [2.45, 2.75) is 43.6 Å². The highest BCUT2D eigenvalue weighted by Crippen LogP contribution is 2.51. The van der Waals surface area contributed by atoms with E-state index in [1.165, 1.54) is 14.2 Å². The first-order chi connectivity index (χ1) is 19.9. The molecule has 1 heterocycles. The van der Waals surface area contributed by atoms with Crippen LogP contribution < -0.4 is 19.5 Å². The summed E-state index contributed by atoms with van der Waals surface area (Å²) in [5.74, 6) is 0.0351. The molecule has 0 unspecified atom stereocenters. The first-order valence-electron chi connectivity index (χ1n) is 13.5. The van der Waals surface area contributed by atoms with Crippen LogP contribution in [0.3, 0.4) is 0 Å². The van der Waals surface area contributed by atoms with Crippen LogP contribution in [0.4, 0.5) is 0 Å². The molecule has 2 aliphatic rings. The number of ether oxygens (including phenoxy) is 4. The summed E-state index contributed by atoms with van der Waals surface area (Å²) in [6.07, 6.45) is 0.0709. The average molecular weight is 571 g/mol. The minimum absolute atomic E-state index is 0.0286. The number of fused-ring (bicyclic) bond motifs is 3. The number of nitrogens with one attached hydrogen (secondary N) is 1. The third kappa shape index (κ3) is 6.48. The second-order valence-corrected chi connectivity index (χ2v) is 9.95. The second-order valence-electron chi connectivity index (χ2n) is 9.95. The molecule has 2 aromatic carbocycles. The molecule has 0 fully saturated rings. The summed E-state index contributed by atoms with van der Waals surface area (Å²) < 4.78 is 22.2. The topological polar surface area (TPSA) is 147 Å². The van der Waals surface area contributed by atoms with E-state index in [0.29, 0.717) is 40.4 Å². The van der Waals surface area contributed by atoms with Crippen LogP contribution in [0.1, 0.15) is 29.0 Å². The van der Waals surface area contributed by atoms with Gasteiger partial charge in [0.05, 0.1) is 52.4 Å². The predicted molar refractivity (Wildman–Crippen MR) is 149 cm³/mol. The van der Waals surface area contributed by atoms with Gasteiger partial charge < -0.3 is 44.5 Å². The Hall–Kier alpha value is -3.64. The summed E-state index contributed by atoms with van der Waals surface area (Å²) in [6, 6.07) is 10.00. The van der Waals surface area contributed by atoms with Crippen molar-refractivity contribution >= 4 is 11.8 Å². The molecular weight excluding hydrogens is 532 g/mol. The Bertz CT molecular complexity index is 1260. The Morgan fingerprint density at radius 2 is 1.88 bits per heavy atom. The Kier molecular flexibility index (Phi) is 10.2. The van der Waals surface area contributed by atoms with Gasteiger partial charge in [-0.05, 0) is 47.9 Å². The Morgan fingerprint density at radius 1 is 1.07 bits per heavy atom. The molecule has 11 heteroatoms. The van der Waals surface area contributed by atoms with Crippen LogP contribution in [0.2, 0.25) is 0 Å². The summed E-state index contributed by atoms with van der Waals surface area (Å²) in [6.45, 7) is -0.0342. The number of benzene rings is 2. The fraction of sp³-hybridized carbons (Fsp3) is 0.467. The van der Waals surface area contributed by atoms with E-state index < -0.39 is 30.1 Å². The van der Waals surface area contributed by atoms with E-state index in [-0.39, 0.29) is 45.2 Å². The van der Waals surface area contributed by atoms with E-state index in [9.17, 15) is 24.9 Å². The zero-order valence-electron chi connectivity index (χ0n) is 23.5. The van der Waals surface area contributed by atoms with Gasteiger partial charge in [0.25, 0.3) is 0 Å². The maximum Gasteiger partial charge on any atom is 0.247 e. The number of hydrogen-bond acceptors (Lipinski definition) is 9. The first kappa shape index (κ1) is 30.3. The Balaban J connectivity index is 1.75. The van der Waals surface area contributed by atoms with Crippen LogP contribution in [0, 0.1) is 0 Å². The third-order valence-electron chi connectivity index (χ3n) is 7.47. The smallest absolute Gasteiger partial charge is 0.247 e. The van der Waals surface area contributed by atoms with Crippen LogP contribution in [0.25, 0.3) is 0 Å². The highest BCUT2D eigenvalue weighted by Gasteiger charge is 2.51. The van der Waals surface area contributed by atoms with Gasteiger partial charge in [0.2, 0.25) is 11.8 Å². The molecule has 222 valence electrons. The molecule has 0 radical (unpaired) electrons. The van der Waals surface area contributed by atoms with Gasteiger partial charge in [0.1, 0.15) is 18.0 Å². The van der Waals surface area contributed by atoms with Crippen molar-refractivity contribution in [1.82, 2.24) is 10.2 Å². The highest BCUT2D eigenvalue weighted by molar-refractivity contribution is 5.96. The van der Waals surface area contributed by atoms with Crippen molar-refractivity contribution in [3.63, 3.8) is 0 Å². The predicted octanol–water partition coefficient (Wildman–Crippen LogP) is 0.927. The fourth-order valence-electron chi connectivity index (χ4n) is 5.47. The molecule has 2 amide bonds. The molecule has 41 heavy (non-hydrogen) atoms. The summed E-state index contributed by atoms with van der Waals surface area (Å²) in [5, 5.41) is 33.6. The minimum Gasteiger partial charge on any atom is -0.497 e. The fourth-order valence-corrected chi connectivity index (χ4v) is 5.47. The number of carbonyl (C=O) groups excluding carboxylic acids is 2. The third-order valence-corrected chi connectivity index (χ3v) is 7.47. The average Bonchev–Trinajstić information content (AvgIpc) is 3.39. The van der Waals surface area contributed by atoms with E-state index in [1.54, 1.807) is 30.2 Å². The molecule has 4 rings (SSSR count). The molecule has 4 N–H and O–H groups in total. The molecule has 1 aliphatic heterocycles. The van der Waals surface area contributed by atoms with Gasteiger partial charge in [-0.25, -0.2) is 0 Å². The van der Waals surface area contributed by atoms with Crippen molar-refractivity contribution < 1.29 is 43.9 Å². The van der Waals surface area contributed by atoms with Gasteiger partial charge >= 0.3 is 0 Å². The number of nitrogens with zero attached hydrogens (tertiary/aromatic N) is 1. The molecule has 0 saturated carbocycles. The van der Waals surface area contributed by atoms with Crippen molar-refractivity contribution in [2.75, 3.05) is 47.6 Å². The van der Waals surface area contributed by atoms with Gasteiger partial charge in [-0.15, -0.1) is 0 Å². The molecule has 2 aromatic rings. The number of aliphatic hydroxyl groups is 3. The Labute approximate surface area is 239 Å². The molecule has 0 bridgehead atoms. The highest BCUT2D eigenvalue weighted by atomic mass is 16.5. The number of aliphatic hydroxyl groups excluding tert-OH is 3. The SMILES string of the molecule is COCCC(=O)N(CCc1cccc(OC)c1)[C@@H]1C=C(C(=O)NCCO)[C@@H]2c3cc(CO)cc(OC)c3O[C@@H]2[C@H]1O. The van der Waals surface area contributed by atoms with Crippen LogP contribution in [0.5, 0.6) is 17.2 Å². The van der Waals surface area contributed by atoms with E-state index in [4.69, 9.17) is 18.9 Å². The number of amides is 2. The molecule has 1 aliphatic carbocycles. The van der Waals surface area contributed by atoms with Crippen molar-refractivity contribution in [2.24, 2.45) is 0 Å². The van der Waals surface area contributed by atoms with Gasteiger partial charge in [0, 0.05) is 31.3 Å². The maximum atomic E-state index is 13.5. The van der Waals surface area contributed by atoms with E-state index in [1.807, 2.05) is 24.3 Å². The largest absolute Gasteiger partial charge is 0.497 e. The standard InChI is InChI=1S/C30H38N2O9/c1-38-12-8-25(35)32(10-7-18-5-4-6-20(13-18)39-2)23-16-22(30(37)31-9-11-33)26-21-14-19(17-34)15-24(40-3)28(21)41-29(26)27(23)36/h4-6,13-16,23,26-27,29,33-34,36H,7-12,17H2,1-3H3,(H,31,37)/t23-,26+,27+,29+/m1/s1. The van der Waals surface area contributed by atoms with Gasteiger partial charge in [-0.2, -0.15) is 0 Å². The molecule has 0 saturated heterocycles. The molecule has 11 nitrogen and oxygen atoms in total. The lowest BCUT2D eigenvalue weighted by Crippen LogP contribution is -2.56. The molecular formula is C30H38N2O9. The summed E-state index contributed by atoms with van der Waals surface area (Å²) in [5.41, 5.74) is 2.38.